The predicted octanol–water partition coefficient (Wildman–Crippen LogP) is 2.06. The minimum absolute atomic E-state index is 0.0227. The summed E-state index contributed by atoms with van der Waals surface area (Å²) in [6, 6.07) is 3.86. The molecule has 0 saturated heterocycles. The maximum absolute atomic E-state index is 13.0. The molecular weight excluding hydrogens is 285 g/mol. The number of alkyl halides is 3. The number of carbonyl (C=O) groups is 1. The Morgan fingerprint density at radius 1 is 1.33 bits per heavy atom. The van der Waals surface area contributed by atoms with Crippen LogP contribution in [0.25, 0.3) is 0 Å². The lowest BCUT2D eigenvalue weighted by molar-refractivity contribution is -0.139. The largest absolute Gasteiger partial charge is 0.492 e. The number of carbonyl (C=O) groups excluding carboxylic acids is 1. The van der Waals surface area contributed by atoms with Crippen molar-refractivity contribution in [1.82, 2.24) is 4.90 Å². The molecule has 118 valence electrons. The number of amides is 1. The van der Waals surface area contributed by atoms with Crippen molar-refractivity contribution in [1.29, 1.82) is 0 Å². The quantitative estimate of drug-likeness (QED) is 0.875. The lowest BCUT2D eigenvalue weighted by Gasteiger charge is -2.16. The highest BCUT2D eigenvalue weighted by atomic mass is 19.4. The molecule has 0 aromatic heterocycles. The van der Waals surface area contributed by atoms with Gasteiger partial charge in [0.2, 0.25) is 5.91 Å². The topological polar surface area (TPSA) is 55.6 Å². The summed E-state index contributed by atoms with van der Waals surface area (Å²) in [6.45, 7) is 0.172. The SMILES string of the molecule is CN(C)C(=O)CCOc1ccc(CCN)cc1C(F)(F)F. The third kappa shape index (κ3) is 5.26. The van der Waals surface area contributed by atoms with Crippen molar-refractivity contribution in [2.75, 3.05) is 27.2 Å². The molecule has 0 aliphatic heterocycles. The summed E-state index contributed by atoms with van der Waals surface area (Å²) in [4.78, 5) is 12.7. The van der Waals surface area contributed by atoms with Crippen LogP contribution < -0.4 is 10.5 Å². The summed E-state index contributed by atoms with van der Waals surface area (Å²) < 4.78 is 44.1. The second-order valence-electron chi connectivity index (χ2n) is 4.75. The van der Waals surface area contributed by atoms with Crippen LogP contribution in [-0.2, 0) is 17.4 Å². The maximum Gasteiger partial charge on any atom is 0.419 e. The molecule has 7 heteroatoms. The minimum Gasteiger partial charge on any atom is -0.492 e. The molecule has 0 aliphatic rings. The molecule has 2 N–H and O–H groups in total. The van der Waals surface area contributed by atoms with Crippen molar-refractivity contribution in [3.05, 3.63) is 29.3 Å². The van der Waals surface area contributed by atoms with Gasteiger partial charge in [-0.25, -0.2) is 0 Å². The number of rotatable bonds is 6. The van der Waals surface area contributed by atoms with Crippen molar-refractivity contribution in [3.63, 3.8) is 0 Å². The molecule has 1 rings (SSSR count). The van der Waals surface area contributed by atoms with Gasteiger partial charge in [-0.2, -0.15) is 13.2 Å². The van der Waals surface area contributed by atoms with E-state index in [1.165, 1.54) is 11.0 Å². The van der Waals surface area contributed by atoms with E-state index in [1.807, 2.05) is 0 Å². The number of nitrogens with two attached hydrogens (primary N) is 1. The monoisotopic (exact) mass is 304 g/mol. The molecule has 0 fully saturated rings. The van der Waals surface area contributed by atoms with Gasteiger partial charge < -0.3 is 15.4 Å². The van der Waals surface area contributed by atoms with Crippen LogP contribution in [-0.4, -0.2) is 38.1 Å². The van der Waals surface area contributed by atoms with Crippen molar-refractivity contribution >= 4 is 5.91 Å². The van der Waals surface area contributed by atoms with Gasteiger partial charge in [-0.15, -0.1) is 0 Å². The van der Waals surface area contributed by atoms with Crippen molar-refractivity contribution in [3.8, 4) is 5.75 Å². The van der Waals surface area contributed by atoms with Crippen molar-refractivity contribution in [2.24, 2.45) is 5.73 Å². The summed E-state index contributed by atoms with van der Waals surface area (Å²) in [5.41, 5.74) is 5.00. The van der Waals surface area contributed by atoms with E-state index in [-0.39, 0.29) is 31.2 Å². The van der Waals surface area contributed by atoms with Crippen LogP contribution in [0.1, 0.15) is 17.5 Å². The van der Waals surface area contributed by atoms with Gasteiger partial charge in [-0.05, 0) is 30.7 Å². The Balaban J connectivity index is 2.83. The highest BCUT2D eigenvalue weighted by Gasteiger charge is 2.34. The molecule has 0 radical (unpaired) electrons. The van der Waals surface area contributed by atoms with Crippen molar-refractivity contribution < 1.29 is 22.7 Å². The summed E-state index contributed by atoms with van der Waals surface area (Å²) in [5, 5.41) is 0. The summed E-state index contributed by atoms with van der Waals surface area (Å²) in [6.07, 6.45) is -4.12. The van der Waals surface area contributed by atoms with Gasteiger partial charge in [-0.1, -0.05) is 6.07 Å². The molecule has 0 bridgehead atoms. The molecule has 0 spiro atoms. The van der Waals surface area contributed by atoms with Gasteiger partial charge in [-0.3, -0.25) is 4.79 Å². The lowest BCUT2D eigenvalue weighted by Crippen LogP contribution is -2.23. The first-order chi connectivity index (χ1) is 9.75. The van der Waals surface area contributed by atoms with E-state index in [4.69, 9.17) is 10.5 Å². The van der Waals surface area contributed by atoms with Crippen LogP contribution in [0.5, 0.6) is 5.75 Å². The normalized spacial score (nSPS) is 11.3. The van der Waals surface area contributed by atoms with E-state index in [2.05, 4.69) is 0 Å². The summed E-state index contributed by atoms with van der Waals surface area (Å²) >= 11 is 0. The Bertz CT molecular complexity index is 488. The number of benzene rings is 1. The number of hydrogen-bond acceptors (Lipinski definition) is 3. The lowest BCUT2D eigenvalue weighted by atomic mass is 10.1. The van der Waals surface area contributed by atoms with Crippen LogP contribution in [0.15, 0.2) is 18.2 Å². The third-order valence-corrected chi connectivity index (χ3v) is 2.85. The van der Waals surface area contributed by atoms with E-state index < -0.39 is 11.7 Å². The van der Waals surface area contributed by atoms with Gasteiger partial charge in [0.05, 0.1) is 18.6 Å². The van der Waals surface area contributed by atoms with Crippen LogP contribution >= 0.6 is 0 Å². The van der Waals surface area contributed by atoms with E-state index in [0.717, 1.165) is 6.07 Å². The number of nitrogens with zero attached hydrogens (tertiary/aromatic N) is 1. The fourth-order valence-corrected chi connectivity index (χ4v) is 1.72. The highest BCUT2D eigenvalue weighted by molar-refractivity contribution is 5.75. The Morgan fingerprint density at radius 3 is 2.52 bits per heavy atom. The second kappa shape index (κ2) is 7.31. The predicted molar refractivity (Wildman–Crippen MR) is 73.0 cm³/mol. The van der Waals surface area contributed by atoms with E-state index >= 15 is 0 Å². The average molecular weight is 304 g/mol. The molecule has 0 heterocycles. The van der Waals surface area contributed by atoms with Crippen LogP contribution in [0.2, 0.25) is 0 Å². The van der Waals surface area contributed by atoms with Crippen LogP contribution in [0.4, 0.5) is 13.2 Å². The van der Waals surface area contributed by atoms with Crippen LogP contribution in [0, 0.1) is 0 Å². The molecule has 21 heavy (non-hydrogen) atoms. The van der Waals surface area contributed by atoms with E-state index in [1.54, 1.807) is 20.2 Å². The van der Waals surface area contributed by atoms with Gasteiger partial charge >= 0.3 is 6.18 Å². The molecule has 1 aromatic carbocycles. The zero-order valence-corrected chi connectivity index (χ0v) is 12.0. The van der Waals surface area contributed by atoms with Gasteiger partial charge in [0.1, 0.15) is 5.75 Å². The first-order valence-corrected chi connectivity index (χ1v) is 6.49. The third-order valence-electron chi connectivity index (χ3n) is 2.85. The second-order valence-corrected chi connectivity index (χ2v) is 4.75. The average Bonchev–Trinajstić information content (AvgIpc) is 2.39. The Kier molecular flexibility index (Phi) is 6.02. The van der Waals surface area contributed by atoms with E-state index in [0.29, 0.717) is 12.0 Å². The fourth-order valence-electron chi connectivity index (χ4n) is 1.72. The first kappa shape index (κ1) is 17.3. The van der Waals surface area contributed by atoms with Gasteiger partial charge in [0.25, 0.3) is 0 Å². The Labute approximate surface area is 121 Å². The molecular formula is C14H19F3N2O2. The zero-order valence-electron chi connectivity index (χ0n) is 12.0. The van der Waals surface area contributed by atoms with Gasteiger partial charge in [0, 0.05) is 14.1 Å². The van der Waals surface area contributed by atoms with E-state index in [9.17, 15) is 18.0 Å². The number of hydrogen-bond donors (Lipinski definition) is 1. The zero-order chi connectivity index (χ0) is 16.0. The van der Waals surface area contributed by atoms with Gasteiger partial charge in [0.15, 0.2) is 0 Å². The molecule has 1 aromatic rings. The highest BCUT2D eigenvalue weighted by Crippen LogP contribution is 2.37. The van der Waals surface area contributed by atoms with Crippen LogP contribution in [0.3, 0.4) is 0 Å². The Hall–Kier alpha value is -1.76. The molecule has 0 saturated carbocycles. The van der Waals surface area contributed by atoms with Crippen molar-refractivity contribution in [2.45, 2.75) is 19.0 Å². The smallest absolute Gasteiger partial charge is 0.419 e. The summed E-state index contributed by atoms with van der Waals surface area (Å²) in [5.74, 6) is -0.474. The summed E-state index contributed by atoms with van der Waals surface area (Å²) in [7, 11) is 3.15. The molecule has 0 aliphatic carbocycles. The molecule has 1 amide bonds. The fraction of sp³-hybridized carbons (Fsp3) is 0.500. The minimum atomic E-state index is -4.51. The molecule has 0 atom stereocenters. The maximum atomic E-state index is 13.0. The number of halogens is 3. The Morgan fingerprint density at radius 2 is 2.00 bits per heavy atom. The molecule has 0 unspecified atom stereocenters. The molecule has 4 nitrogen and oxygen atoms in total. The standard InChI is InChI=1S/C14H19F3N2O2/c1-19(2)13(20)6-8-21-12-4-3-10(5-7-18)9-11(12)14(15,16)17/h3-4,9H,5-8,18H2,1-2H3. The number of ether oxygens (including phenoxy) is 1. The first-order valence-electron chi connectivity index (χ1n) is 6.49.